The molecule has 0 radical (unpaired) electrons. The molecule has 1 aliphatic heterocycles. The highest BCUT2D eigenvalue weighted by Gasteiger charge is 2.20. The molecule has 0 bridgehead atoms. The smallest absolute Gasteiger partial charge is 0.131 e. The Kier molecular flexibility index (Phi) is 7.85. The first kappa shape index (κ1) is 31.3. The van der Waals surface area contributed by atoms with Gasteiger partial charge < -0.3 is 9.64 Å². The lowest BCUT2D eigenvalue weighted by atomic mass is 9.90. The molecular weight excluding hydrogens is 663 g/mol. The molecule has 10 rings (SSSR count). The summed E-state index contributed by atoms with van der Waals surface area (Å²) in [6.07, 6.45) is 1.57. The van der Waals surface area contributed by atoms with Gasteiger partial charge in [0.1, 0.15) is 11.5 Å². The molecule has 0 amide bonds. The fraction of sp³-hybridized carbons (Fsp3) is 0.0400. The molecule has 2 nitrogen and oxygen atoms in total. The number of hydrogen-bond acceptors (Lipinski definition) is 3. The number of thiophene rings is 1. The van der Waals surface area contributed by atoms with Crippen molar-refractivity contribution >= 4 is 48.6 Å². The standard InChI is InChI=1S/C50H35NOS/c1-2-16-40(17-3-1)51(45-21-12-24-49-50(45)44-20-9-11-23-48(44)53-49)41-29-27-34(28-30-41)35-25-26-39-32-37-14-5-8-19-43(37)42-18-7-4-13-36(42)31-38-15-6-10-22-46(38)52-47(39)33-35/h1-30,33H,31-32H2. The molecular formula is C50H35NOS. The van der Waals surface area contributed by atoms with Crippen LogP contribution in [0.2, 0.25) is 0 Å². The lowest BCUT2D eigenvalue weighted by Crippen LogP contribution is -2.10. The van der Waals surface area contributed by atoms with Crippen LogP contribution in [0.3, 0.4) is 0 Å². The average molecular weight is 698 g/mol. The van der Waals surface area contributed by atoms with Crippen LogP contribution < -0.4 is 9.64 Å². The number of benzene rings is 8. The molecule has 3 heteroatoms. The Morgan fingerprint density at radius 3 is 1.77 bits per heavy atom. The molecule has 0 aliphatic carbocycles. The SMILES string of the molecule is c1ccc(N(c2ccc(-c3ccc4c(c3)Oc3ccccc3Cc3ccccc3-c3ccccc3C4)cc2)c2cccc3sc4ccccc4c23)cc1. The molecule has 0 spiro atoms. The lowest BCUT2D eigenvalue weighted by Gasteiger charge is -2.26. The second-order valence-corrected chi connectivity index (χ2v) is 14.8. The van der Waals surface area contributed by atoms with Crippen LogP contribution in [0.4, 0.5) is 17.1 Å². The minimum Gasteiger partial charge on any atom is -0.457 e. The topological polar surface area (TPSA) is 12.5 Å². The van der Waals surface area contributed by atoms with E-state index in [2.05, 4.69) is 193 Å². The molecule has 1 aromatic heterocycles. The summed E-state index contributed by atoms with van der Waals surface area (Å²) < 4.78 is 9.50. The maximum absolute atomic E-state index is 6.90. The van der Waals surface area contributed by atoms with Gasteiger partial charge in [0.25, 0.3) is 0 Å². The van der Waals surface area contributed by atoms with Gasteiger partial charge in [-0.05, 0) is 99.1 Å². The van der Waals surface area contributed by atoms with Gasteiger partial charge in [-0.1, -0.05) is 133 Å². The fourth-order valence-corrected chi connectivity index (χ4v) is 9.00. The Morgan fingerprint density at radius 1 is 0.415 bits per heavy atom. The molecule has 252 valence electrons. The van der Waals surface area contributed by atoms with E-state index in [1.165, 1.54) is 59.2 Å². The van der Waals surface area contributed by atoms with Crippen molar-refractivity contribution in [3.05, 3.63) is 210 Å². The van der Waals surface area contributed by atoms with Gasteiger partial charge in [-0.3, -0.25) is 0 Å². The summed E-state index contributed by atoms with van der Waals surface area (Å²) in [5.74, 6) is 1.79. The van der Waals surface area contributed by atoms with E-state index < -0.39 is 0 Å². The highest BCUT2D eigenvalue weighted by atomic mass is 32.1. The van der Waals surface area contributed by atoms with Crippen LogP contribution in [-0.4, -0.2) is 0 Å². The second-order valence-electron chi connectivity index (χ2n) is 13.7. The molecule has 0 saturated heterocycles. The monoisotopic (exact) mass is 697 g/mol. The zero-order valence-corrected chi connectivity index (χ0v) is 29.9. The summed E-state index contributed by atoms with van der Waals surface area (Å²) in [7, 11) is 0. The van der Waals surface area contributed by atoms with Crippen LogP contribution in [0.5, 0.6) is 11.5 Å². The van der Waals surface area contributed by atoms with Crippen LogP contribution in [0.25, 0.3) is 42.4 Å². The number of anilines is 3. The van der Waals surface area contributed by atoms with E-state index in [-0.39, 0.29) is 0 Å². The van der Waals surface area contributed by atoms with E-state index >= 15 is 0 Å². The second kappa shape index (κ2) is 13.3. The van der Waals surface area contributed by atoms with Crippen molar-refractivity contribution in [1.82, 2.24) is 0 Å². The largest absolute Gasteiger partial charge is 0.457 e. The first-order valence-electron chi connectivity index (χ1n) is 18.2. The minimum atomic E-state index is 0.774. The van der Waals surface area contributed by atoms with Crippen molar-refractivity contribution in [3.63, 3.8) is 0 Å². The Bertz CT molecular complexity index is 2760. The first-order chi connectivity index (χ1) is 26.3. The van der Waals surface area contributed by atoms with Gasteiger partial charge in [0.05, 0.1) is 5.69 Å². The number of ether oxygens (including phenoxy) is 1. The predicted octanol–water partition coefficient (Wildman–Crippen LogP) is 14.1. The molecule has 0 atom stereocenters. The Hall–Kier alpha value is -6.42. The van der Waals surface area contributed by atoms with Crippen molar-refractivity contribution < 1.29 is 4.74 Å². The highest BCUT2D eigenvalue weighted by Crippen LogP contribution is 2.45. The van der Waals surface area contributed by atoms with Crippen LogP contribution in [0, 0.1) is 0 Å². The summed E-state index contributed by atoms with van der Waals surface area (Å²) in [6, 6.07) is 67.8. The van der Waals surface area contributed by atoms with Gasteiger partial charge in [-0.15, -0.1) is 11.3 Å². The van der Waals surface area contributed by atoms with E-state index in [0.717, 1.165) is 46.8 Å². The summed E-state index contributed by atoms with van der Waals surface area (Å²) in [5, 5.41) is 2.57. The van der Waals surface area contributed by atoms with Crippen LogP contribution in [0.1, 0.15) is 22.3 Å². The third-order valence-corrected chi connectivity index (χ3v) is 11.6. The number of hydrogen-bond donors (Lipinski definition) is 0. The Balaban J connectivity index is 1.07. The van der Waals surface area contributed by atoms with Gasteiger partial charge in [-0.2, -0.15) is 0 Å². The number of rotatable bonds is 4. The first-order valence-corrected chi connectivity index (χ1v) is 19.0. The van der Waals surface area contributed by atoms with Crippen LogP contribution in [0.15, 0.2) is 188 Å². The minimum absolute atomic E-state index is 0.774. The van der Waals surface area contributed by atoms with Crippen LogP contribution >= 0.6 is 11.3 Å². The molecule has 9 aromatic rings. The normalized spacial score (nSPS) is 12.2. The zero-order chi connectivity index (χ0) is 35.1. The fourth-order valence-electron chi connectivity index (χ4n) is 7.88. The zero-order valence-electron chi connectivity index (χ0n) is 29.1. The third kappa shape index (κ3) is 5.76. The van der Waals surface area contributed by atoms with Crippen molar-refractivity contribution in [1.29, 1.82) is 0 Å². The van der Waals surface area contributed by atoms with E-state index in [1.54, 1.807) is 0 Å². The molecule has 1 aliphatic rings. The van der Waals surface area contributed by atoms with E-state index in [9.17, 15) is 0 Å². The van der Waals surface area contributed by atoms with E-state index in [4.69, 9.17) is 4.74 Å². The van der Waals surface area contributed by atoms with Crippen LogP contribution in [-0.2, 0) is 12.8 Å². The maximum Gasteiger partial charge on any atom is 0.131 e. The number of nitrogens with zero attached hydrogens (tertiary/aromatic N) is 1. The Morgan fingerprint density at radius 2 is 1.00 bits per heavy atom. The van der Waals surface area contributed by atoms with Gasteiger partial charge in [0.2, 0.25) is 0 Å². The summed E-state index contributed by atoms with van der Waals surface area (Å²) in [4.78, 5) is 2.39. The predicted molar refractivity (Wildman–Crippen MR) is 223 cm³/mol. The number of para-hydroxylation sites is 2. The molecule has 8 aromatic carbocycles. The molecule has 0 saturated carbocycles. The molecule has 53 heavy (non-hydrogen) atoms. The molecule has 0 N–H and O–H groups in total. The molecule has 2 heterocycles. The third-order valence-electron chi connectivity index (χ3n) is 10.4. The number of fused-ring (bicyclic) bond motifs is 8. The maximum atomic E-state index is 6.90. The van der Waals surface area contributed by atoms with E-state index in [0.29, 0.717) is 0 Å². The van der Waals surface area contributed by atoms with E-state index in [1.807, 2.05) is 11.3 Å². The van der Waals surface area contributed by atoms with Crippen molar-refractivity contribution in [2.75, 3.05) is 4.90 Å². The van der Waals surface area contributed by atoms with Crippen molar-refractivity contribution in [3.8, 4) is 33.8 Å². The van der Waals surface area contributed by atoms with Gasteiger partial charge in [0.15, 0.2) is 0 Å². The van der Waals surface area contributed by atoms with Gasteiger partial charge in [0, 0.05) is 44.4 Å². The van der Waals surface area contributed by atoms with Gasteiger partial charge in [-0.25, -0.2) is 0 Å². The summed E-state index contributed by atoms with van der Waals surface area (Å²) >= 11 is 1.85. The highest BCUT2D eigenvalue weighted by molar-refractivity contribution is 7.26. The quantitative estimate of drug-likeness (QED) is 0.182. The van der Waals surface area contributed by atoms with Crippen molar-refractivity contribution in [2.45, 2.75) is 12.8 Å². The summed E-state index contributed by atoms with van der Waals surface area (Å²) in [5.41, 5.74) is 13.2. The molecule has 0 unspecified atom stereocenters. The van der Waals surface area contributed by atoms with Gasteiger partial charge >= 0.3 is 0 Å². The van der Waals surface area contributed by atoms with Crippen molar-refractivity contribution in [2.24, 2.45) is 0 Å². The Labute approximate surface area is 313 Å². The average Bonchev–Trinajstić information content (AvgIpc) is 3.59. The summed E-state index contributed by atoms with van der Waals surface area (Å²) in [6.45, 7) is 0. The lowest BCUT2D eigenvalue weighted by molar-refractivity contribution is 0.472. The molecule has 0 fully saturated rings.